The topological polar surface area (TPSA) is 20.2 Å². The Kier molecular flexibility index (Phi) is 3.93. The monoisotopic (exact) mass is 236 g/mol. The third kappa shape index (κ3) is 2.80. The standard InChI is InChI=1S/C14H20OS/c1-10-7-8-11(2)14(9-10)16-13-6-4-3-5-12(13)15/h7-9,12-13,15H,3-6H2,1-2H3/t12-,13-/m1/s1. The van der Waals surface area contributed by atoms with Crippen molar-refractivity contribution in [2.75, 3.05) is 0 Å². The fourth-order valence-electron chi connectivity index (χ4n) is 2.21. The van der Waals surface area contributed by atoms with Crippen molar-refractivity contribution >= 4 is 11.8 Å². The smallest absolute Gasteiger partial charge is 0.0662 e. The highest BCUT2D eigenvalue weighted by Gasteiger charge is 2.24. The summed E-state index contributed by atoms with van der Waals surface area (Å²) in [6, 6.07) is 6.56. The third-order valence-corrected chi connectivity index (χ3v) is 4.84. The van der Waals surface area contributed by atoms with E-state index in [0.717, 1.165) is 12.8 Å². The molecule has 1 fully saturated rings. The summed E-state index contributed by atoms with van der Waals surface area (Å²) in [4.78, 5) is 1.34. The lowest BCUT2D eigenvalue weighted by Crippen LogP contribution is -2.26. The van der Waals surface area contributed by atoms with E-state index in [1.165, 1.54) is 28.9 Å². The van der Waals surface area contributed by atoms with E-state index in [2.05, 4.69) is 32.0 Å². The zero-order valence-electron chi connectivity index (χ0n) is 10.1. The highest BCUT2D eigenvalue weighted by Crippen LogP contribution is 2.35. The second-order valence-electron chi connectivity index (χ2n) is 4.78. The van der Waals surface area contributed by atoms with E-state index < -0.39 is 0 Å². The number of aryl methyl sites for hydroxylation is 2. The summed E-state index contributed by atoms with van der Waals surface area (Å²) < 4.78 is 0. The van der Waals surface area contributed by atoms with Gasteiger partial charge in [0, 0.05) is 10.1 Å². The maximum atomic E-state index is 9.97. The Labute approximate surface area is 102 Å². The number of aliphatic hydroxyl groups excluding tert-OH is 1. The summed E-state index contributed by atoms with van der Waals surface area (Å²) in [5.41, 5.74) is 2.63. The Morgan fingerprint density at radius 2 is 1.94 bits per heavy atom. The lowest BCUT2D eigenvalue weighted by atomic mass is 9.97. The predicted octanol–water partition coefficient (Wildman–Crippen LogP) is 3.70. The minimum Gasteiger partial charge on any atom is -0.392 e. The van der Waals surface area contributed by atoms with Crippen molar-refractivity contribution in [1.29, 1.82) is 0 Å². The van der Waals surface area contributed by atoms with Crippen LogP contribution in [0.5, 0.6) is 0 Å². The van der Waals surface area contributed by atoms with Gasteiger partial charge in [-0.2, -0.15) is 0 Å². The van der Waals surface area contributed by atoms with Crippen molar-refractivity contribution < 1.29 is 5.11 Å². The predicted molar refractivity (Wildman–Crippen MR) is 70.0 cm³/mol. The maximum Gasteiger partial charge on any atom is 0.0662 e. The molecule has 1 nitrogen and oxygen atoms in total. The summed E-state index contributed by atoms with van der Waals surface area (Å²) >= 11 is 1.86. The first-order valence-electron chi connectivity index (χ1n) is 6.09. The van der Waals surface area contributed by atoms with Crippen LogP contribution in [0.15, 0.2) is 23.1 Å². The molecule has 0 aromatic heterocycles. The normalized spacial score (nSPS) is 25.7. The van der Waals surface area contributed by atoms with E-state index in [1.807, 2.05) is 11.8 Å². The minimum absolute atomic E-state index is 0.112. The molecule has 0 saturated heterocycles. The average Bonchev–Trinajstić information content (AvgIpc) is 2.27. The first kappa shape index (κ1) is 12.0. The summed E-state index contributed by atoms with van der Waals surface area (Å²) in [5, 5.41) is 10.4. The molecule has 2 rings (SSSR count). The molecule has 1 N–H and O–H groups in total. The Bertz CT molecular complexity index is 362. The third-order valence-electron chi connectivity index (χ3n) is 3.29. The Morgan fingerprint density at radius 3 is 2.69 bits per heavy atom. The van der Waals surface area contributed by atoms with Crippen LogP contribution in [0.1, 0.15) is 36.8 Å². The van der Waals surface area contributed by atoms with E-state index in [9.17, 15) is 5.11 Å². The van der Waals surface area contributed by atoms with E-state index in [4.69, 9.17) is 0 Å². The largest absolute Gasteiger partial charge is 0.392 e. The highest BCUT2D eigenvalue weighted by molar-refractivity contribution is 8.00. The van der Waals surface area contributed by atoms with Gasteiger partial charge in [-0.25, -0.2) is 0 Å². The van der Waals surface area contributed by atoms with Crippen molar-refractivity contribution in [2.45, 2.75) is 55.8 Å². The van der Waals surface area contributed by atoms with Crippen LogP contribution in [0.3, 0.4) is 0 Å². The van der Waals surface area contributed by atoms with Gasteiger partial charge < -0.3 is 5.11 Å². The zero-order chi connectivity index (χ0) is 11.5. The van der Waals surface area contributed by atoms with Crippen LogP contribution in [0, 0.1) is 13.8 Å². The molecule has 1 aliphatic rings. The van der Waals surface area contributed by atoms with Gasteiger partial charge in [0.1, 0.15) is 0 Å². The van der Waals surface area contributed by atoms with Gasteiger partial charge in [0.2, 0.25) is 0 Å². The van der Waals surface area contributed by atoms with Gasteiger partial charge in [0.25, 0.3) is 0 Å². The van der Waals surface area contributed by atoms with Crippen LogP contribution in [0.25, 0.3) is 0 Å². The lowest BCUT2D eigenvalue weighted by Gasteiger charge is -2.27. The van der Waals surface area contributed by atoms with E-state index in [-0.39, 0.29) is 6.10 Å². The molecule has 1 aromatic rings. The number of benzene rings is 1. The summed E-state index contributed by atoms with van der Waals surface area (Å²) in [7, 11) is 0. The van der Waals surface area contributed by atoms with E-state index >= 15 is 0 Å². The van der Waals surface area contributed by atoms with Crippen LogP contribution in [0.2, 0.25) is 0 Å². The molecule has 1 aromatic carbocycles. The number of rotatable bonds is 2. The van der Waals surface area contributed by atoms with Crippen molar-refractivity contribution in [2.24, 2.45) is 0 Å². The second-order valence-corrected chi connectivity index (χ2v) is 6.06. The van der Waals surface area contributed by atoms with Crippen molar-refractivity contribution in [3.63, 3.8) is 0 Å². The van der Waals surface area contributed by atoms with Crippen LogP contribution in [0.4, 0.5) is 0 Å². The van der Waals surface area contributed by atoms with Gasteiger partial charge in [-0.15, -0.1) is 11.8 Å². The van der Waals surface area contributed by atoms with E-state index in [0.29, 0.717) is 5.25 Å². The molecule has 0 aliphatic heterocycles. The summed E-state index contributed by atoms with van der Waals surface area (Å²) in [5.74, 6) is 0. The summed E-state index contributed by atoms with van der Waals surface area (Å²) in [6.45, 7) is 4.28. The first-order chi connectivity index (χ1) is 7.66. The molecule has 1 aliphatic carbocycles. The number of hydrogen-bond acceptors (Lipinski definition) is 2. The second kappa shape index (κ2) is 5.24. The molecule has 2 heteroatoms. The van der Waals surface area contributed by atoms with Crippen molar-refractivity contribution in [3.05, 3.63) is 29.3 Å². The number of hydrogen-bond donors (Lipinski definition) is 1. The van der Waals surface area contributed by atoms with Gasteiger partial charge in [-0.3, -0.25) is 0 Å². The molecule has 0 unspecified atom stereocenters. The van der Waals surface area contributed by atoms with Crippen LogP contribution in [-0.2, 0) is 0 Å². The van der Waals surface area contributed by atoms with Crippen LogP contribution >= 0.6 is 11.8 Å². The molecule has 0 spiro atoms. The lowest BCUT2D eigenvalue weighted by molar-refractivity contribution is 0.137. The Morgan fingerprint density at radius 1 is 1.19 bits per heavy atom. The Balaban J connectivity index is 2.10. The molecule has 0 bridgehead atoms. The Hall–Kier alpha value is -0.470. The fourth-order valence-corrected chi connectivity index (χ4v) is 3.62. The summed E-state index contributed by atoms with van der Waals surface area (Å²) in [6.07, 6.45) is 4.46. The molecular weight excluding hydrogens is 216 g/mol. The minimum atomic E-state index is -0.112. The van der Waals surface area contributed by atoms with Gasteiger partial charge >= 0.3 is 0 Å². The fraction of sp³-hybridized carbons (Fsp3) is 0.571. The quantitative estimate of drug-likeness (QED) is 0.845. The SMILES string of the molecule is Cc1ccc(C)c(S[C@@H]2CCCC[C@H]2O)c1. The van der Waals surface area contributed by atoms with Crippen molar-refractivity contribution in [1.82, 2.24) is 0 Å². The van der Waals surface area contributed by atoms with Crippen molar-refractivity contribution in [3.8, 4) is 0 Å². The van der Waals surface area contributed by atoms with Crippen LogP contribution < -0.4 is 0 Å². The molecular formula is C14H20OS. The molecule has 0 amide bonds. The molecule has 88 valence electrons. The molecule has 2 atom stereocenters. The average molecular weight is 236 g/mol. The van der Waals surface area contributed by atoms with Gasteiger partial charge in [-0.05, 0) is 38.3 Å². The maximum absolute atomic E-state index is 9.97. The molecule has 0 heterocycles. The number of aliphatic hydroxyl groups is 1. The zero-order valence-corrected chi connectivity index (χ0v) is 10.9. The molecule has 1 saturated carbocycles. The highest BCUT2D eigenvalue weighted by atomic mass is 32.2. The number of thioether (sulfide) groups is 1. The molecule has 0 radical (unpaired) electrons. The first-order valence-corrected chi connectivity index (χ1v) is 6.97. The van der Waals surface area contributed by atoms with Gasteiger partial charge in [0.05, 0.1) is 6.10 Å². The van der Waals surface area contributed by atoms with E-state index in [1.54, 1.807) is 0 Å². The molecule has 16 heavy (non-hydrogen) atoms. The van der Waals surface area contributed by atoms with Crippen LogP contribution in [-0.4, -0.2) is 16.5 Å². The van der Waals surface area contributed by atoms with Gasteiger partial charge in [0.15, 0.2) is 0 Å². The van der Waals surface area contributed by atoms with Gasteiger partial charge in [-0.1, -0.05) is 30.5 Å².